The third kappa shape index (κ3) is 4.61. The van der Waals surface area contributed by atoms with Crippen LogP contribution < -0.4 is 4.74 Å². The van der Waals surface area contributed by atoms with Crippen LogP contribution in [0, 0.1) is 5.92 Å². The van der Waals surface area contributed by atoms with Gasteiger partial charge in [-0.3, -0.25) is 9.59 Å². The predicted molar refractivity (Wildman–Crippen MR) is 115 cm³/mol. The molecule has 154 valence electrons. The van der Waals surface area contributed by atoms with Gasteiger partial charge < -0.3 is 14.5 Å². The van der Waals surface area contributed by atoms with Crippen molar-refractivity contribution in [2.45, 2.75) is 32.7 Å². The summed E-state index contributed by atoms with van der Waals surface area (Å²) >= 11 is 0. The first-order chi connectivity index (χ1) is 13.9. The van der Waals surface area contributed by atoms with Crippen LogP contribution in [0.5, 0.6) is 5.75 Å². The second-order valence-electron chi connectivity index (χ2n) is 8.02. The molecule has 1 aliphatic rings. The molecular weight excluding hydrogens is 364 g/mol. The Morgan fingerprint density at radius 1 is 1.07 bits per heavy atom. The second kappa shape index (κ2) is 9.12. The standard InChI is InChI=1S/C24H30N2O3/c1-17(2)15-23(27)26-14-13-25(3)24(28)21(26)16-18-9-5-6-10-19(18)20-11-7-8-12-22(20)29-4/h5-12,17,21H,13-16H2,1-4H3. The van der Waals surface area contributed by atoms with Crippen LogP contribution in [0.25, 0.3) is 11.1 Å². The summed E-state index contributed by atoms with van der Waals surface area (Å²) in [6.07, 6.45) is 0.947. The van der Waals surface area contributed by atoms with Crippen LogP contribution in [-0.2, 0) is 16.0 Å². The molecule has 1 heterocycles. The molecular formula is C24H30N2O3. The van der Waals surface area contributed by atoms with Crippen molar-refractivity contribution in [1.82, 2.24) is 9.80 Å². The molecule has 0 saturated carbocycles. The first-order valence-electron chi connectivity index (χ1n) is 10.2. The van der Waals surface area contributed by atoms with E-state index in [-0.39, 0.29) is 17.7 Å². The zero-order valence-electron chi connectivity index (χ0n) is 17.7. The fraction of sp³-hybridized carbons (Fsp3) is 0.417. The molecule has 2 aromatic rings. The molecule has 1 aliphatic heterocycles. The van der Waals surface area contributed by atoms with Gasteiger partial charge in [-0.2, -0.15) is 0 Å². The van der Waals surface area contributed by atoms with E-state index in [1.807, 2.05) is 69.4 Å². The number of ether oxygens (including phenoxy) is 1. The van der Waals surface area contributed by atoms with E-state index >= 15 is 0 Å². The Kier molecular flexibility index (Phi) is 6.57. The number of nitrogens with zero attached hydrogens (tertiary/aromatic N) is 2. The van der Waals surface area contributed by atoms with E-state index in [2.05, 4.69) is 0 Å². The topological polar surface area (TPSA) is 49.9 Å². The Morgan fingerprint density at radius 2 is 1.72 bits per heavy atom. The van der Waals surface area contributed by atoms with Crippen molar-refractivity contribution in [2.75, 3.05) is 27.2 Å². The maximum absolute atomic E-state index is 13.0. The minimum atomic E-state index is -0.476. The fourth-order valence-corrected chi connectivity index (χ4v) is 3.91. The fourth-order valence-electron chi connectivity index (χ4n) is 3.91. The lowest BCUT2D eigenvalue weighted by Crippen LogP contribution is -2.58. The first-order valence-corrected chi connectivity index (χ1v) is 10.2. The van der Waals surface area contributed by atoms with Gasteiger partial charge in [0.1, 0.15) is 11.8 Å². The molecule has 5 heteroatoms. The Bertz CT molecular complexity index is 878. The molecule has 29 heavy (non-hydrogen) atoms. The van der Waals surface area contributed by atoms with Gasteiger partial charge in [-0.1, -0.05) is 56.3 Å². The Hall–Kier alpha value is -2.82. The van der Waals surface area contributed by atoms with Gasteiger partial charge in [-0.05, 0) is 23.1 Å². The summed E-state index contributed by atoms with van der Waals surface area (Å²) in [5.74, 6) is 1.11. The van der Waals surface area contributed by atoms with Crippen LogP contribution >= 0.6 is 0 Å². The second-order valence-corrected chi connectivity index (χ2v) is 8.02. The van der Waals surface area contributed by atoms with Gasteiger partial charge in [0, 0.05) is 38.5 Å². The maximum Gasteiger partial charge on any atom is 0.245 e. The van der Waals surface area contributed by atoms with Crippen molar-refractivity contribution in [1.29, 1.82) is 0 Å². The van der Waals surface area contributed by atoms with Crippen LogP contribution in [0.4, 0.5) is 0 Å². The number of hydrogen-bond donors (Lipinski definition) is 0. The van der Waals surface area contributed by atoms with Crippen molar-refractivity contribution in [2.24, 2.45) is 5.92 Å². The summed E-state index contributed by atoms with van der Waals surface area (Å²) in [5.41, 5.74) is 3.05. The summed E-state index contributed by atoms with van der Waals surface area (Å²) in [6, 6.07) is 15.4. The lowest BCUT2D eigenvalue weighted by atomic mass is 9.92. The smallest absolute Gasteiger partial charge is 0.245 e. The van der Waals surface area contributed by atoms with Gasteiger partial charge in [0.05, 0.1) is 7.11 Å². The quantitative estimate of drug-likeness (QED) is 0.752. The summed E-state index contributed by atoms with van der Waals surface area (Å²) in [7, 11) is 3.47. The zero-order valence-corrected chi connectivity index (χ0v) is 17.7. The number of carbonyl (C=O) groups excluding carboxylic acids is 2. The summed E-state index contributed by atoms with van der Waals surface area (Å²) < 4.78 is 5.55. The van der Waals surface area contributed by atoms with Crippen LogP contribution in [-0.4, -0.2) is 54.9 Å². The Balaban J connectivity index is 1.96. The highest BCUT2D eigenvalue weighted by atomic mass is 16.5. The van der Waals surface area contributed by atoms with E-state index in [0.717, 1.165) is 22.4 Å². The lowest BCUT2D eigenvalue weighted by Gasteiger charge is -2.40. The normalized spacial score (nSPS) is 17.0. The minimum Gasteiger partial charge on any atom is -0.496 e. The van der Waals surface area contributed by atoms with E-state index in [0.29, 0.717) is 25.9 Å². The number of para-hydroxylation sites is 1. The SMILES string of the molecule is COc1ccccc1-c1ccccc1CC1C(=O)N(C)CCN1C(=O)CC(C)C. The molecule has 1 saturated heterocycles. The number of amides is 2. The molecule has 0 N–H and O–H groups in total. The van der Waals surface area contributed by atoms with Gasteiger partial charge >= 0.3 is 0 Å². The summed E-state index contributed by atoms with van der Waals surface area (Å²) in [5, 5.41) is 0. The van der Waals surface area contributed by atoms with E-state index in [9.17, 15) is 9.59 Å². The van der Waals surface area contributed by atoms with Gasteiger partial charge in [-0.15, -0.1) is 0 Å². The van der Waals surface area contributed by atoms with Crippen LogP contribution in [0.3, 0.4) is 0 Å². The van der Waals surface area contributed by atoms with Crippen LogP contribution in [0.2, 0.25) is 0 Å². The number of rotatable bonds is 6. The van der Waals surface area contributed by atoms with Gasteiger partial charge in [0.2, 0.25) is 11.8 Å². The Labute approximate surface area is 173 Å². The van der Waals surface area contributed by atoms with Crippen LogP contribution in [0.15, 0.2) is 48.5 Å². The van der Waals surface area contributed by atoms with Crippen molar-refractivity contribution < 1.29 is 14.3 Å². The molecule has 1 fully saturated rings. The van der Waals surface area contributed by atoms with Crippen molar-refractivity contribution >= 4 is 11.8 Å². The van der Waals surface area contributed by atoms with E-state index in [1.54, 1.807) is 16.9 Å². The maximum atomic E-state index is 13.0. The highest BCUT2D eigenvalue weighted by Crippen LogP contribution is 2.33. The number of hydrogen-bond acceptors (Lipinski definition) is 3. The molecule has 0 aromatic heterocycles. The van der Waals surface area contributed by atoms with E-state index < -0.39 is 6.04 Å². The highest BCUT2D eigenvalue weighted by molar-refractivity contribution is 5.89. The first kappa shape index (κ1) is 20.9. The highest BCUT2D eigenvalue weighted by Gasteiger charge is 2.36. The van der Waals surface area contributed by atoms with Crippen molar-refractivity contribution in [3.05, 3.63) is 54.1 Å². The largest absolute Gasteiger partial charge is 0.496 e. The molecule has 0 radical (unpaired) electrons. The molecule has 2 aromatic carbocycles. The molecule has 0 aliphatic carbocycles. The third-order valence-corrected chi connectivity index (χ3v) is 5.44. The molecule has 5 nitrogen and oxygen atoms in total. The summed E-state index contributed by atoms with van der Waals surface area (Å²) in [6.45, 7) is 5.21. The van der Waals surface area contributed by atoms with E-state index in [4.69, 9.17) is 4.74 Å². The molecule has 0 bridgehead atoms. The lowest BCUT2D eigenvalue weighted by molar-refractivity contribution is -0.150. The van der Waals surface area contributed by atoms with Crippen LogP contribution in [0.1, 0.15) is 25.8 Å². The van der Waals surface area contributed by atoms with Gasteiger partial charge in [0.15, 0.2) is 0 Å². The number of benzene rings is 2. The average molecular weight is 395 g/mol. The number of methoxy groups -OCH3 is 1. The zero-order chi connectivity index (χ0) is 21.0. The van der Waals surface area contributed by atoms with Crippen molar-refractivity contribution in [3.63, 3.8) is 0 Å². The molecule has 3 rings (SSSR count). The predicted octanol–water partition coefficient (Wildman–Crippen LogP) is 3.62. The van der Waals surface area contributed by atoms with E-state index in [1.165, 1.54) is 0 Å². The Morgan fingerprint density at radius 3 is 2.41 bits per heavy atom. The molecule has 1 atom stereocenters. The molecule has 0 spiro atoms. The van der Waals surface area contributed by atoms with Gasteiger partial charge in [0.25, 0.3) is 0 Å². The molecule has 1 unspecified atom stereocenters. The monoisotopic (exact) mass is 394 g/mol. The van der Waals surface area contributed by atoms with Gasteiger partial charge in [-0.25, -0.2) is 0 Å². The average Bonchev–Trinajstić information content (AvgIpc) is 2.71. The third-order valence-electron chi connectivity index (χ3n) is 5.44. The number of piperazine rings is 1. The number of likely N-dealkylation sites (N-methyl/N-ethyl adjacent to an activating group) is 1. The molecule has 2 amide bonds. The minimum absolute atomic E-state index is 0.00295. The van der Waals surface area contributed by atoms with Crippen molar-refractivity contribution in [3.8, 4) is 16.9 Å². The summed E-state index contributed by atoms with van der Waals surface area (Å²) in [4.78, 5) is 29.4. The number of carbonyl (C=O) groups is 2.